The highest BCUT2D eigenvalue weighted by Gasteiger charge is 2.28. The smallest absolute Gasteiger partial charge is 0.255 e. The molecule has 1 amide bonds. The number of halogens is 1. The minimum Gasteiger partial charge on any atom is -0.348 e. The van der Waals surface area contributed by atoms with E-state index >= 15 is 0 Å². The van der Waals surface area contributed by atoms with Gasteiger partial charge in [0.1, 0.15) is 10.1 Å². The van der Waals surface area contributed by atoms with Gasteiger partial charge in [-0.2, -0.15) is 5.26 Å². The van der Waals surface area contributed by atoms with Crippen molar-refractivity contribution in [3.05, 3.63) is 22.6 Å². The van der Waals surface area contributed by atoms with Gasteiger partial charge in [-0.1, -0.05) is 0 Å². The summed E-state index contributed by atoms with van der Waals surface area (Å²) in [4.78, 5) is 23.6. The van der Waals surface area contributed by atoms with Crippen molar-refractivity contribution >= 4 is 33.0 Å². The zero-order valence-electron chi connectivity index (χ0n) is 11.4. The van der Waals surface area contributed by atoms with E-state index in [0.29, 0.717) is 21.3 Å². The topological polar surface area (TPSA) is 94.5 Å². The summed E-state index contributed by atoms with van der Waals surface area (Å²) in [5.41, 5.74) is 0.812. The highest BCUT2D eigenvalue weighted by molar-refractivity contribution is 9.10. The normalized spacial score (nSPS) is 12.9. The fraction of sp³-hybridized carbons (Fsp3) is 0.385. The fourth-order valence-corrected chi connectivity index (χ4v) is 1.87. The number of aromatic nitrogens is 3. The first-order chi connectivity index (χ1) is 9.35. The summed E-state index contributed by atoms with van der Waals surface area (Å²) >= 11 is 3.23. The van der Waals surface area contributed by atoms with Crippen LogP contribution in [-0.2, 0) is 0 Å². The molecular weight excluding hydrogens is 322 g/mol. The Labute approximate surface area is 124 Å². The van der Waals surface area contributed by atoms with Crippen molar-refractivity contribution in [3.8, 4) is 6.07 Å². The molecule has 0 aromatic carbocycles. The Morgan fingerprint density at radius 3 is 2.95 bits per heavy atom. The van der Waals surface area contributed by atoms with Crippen molar-refractivity contribution in [2.45, 2.75) is 26.8 Å². The SMILES string of the molecule is C[C@H](NC(=O)c1c[nH]c2ncc(Br)nc12)C(C)(C)C#N. The van der Waals surface area contributed by atoms with Crippen molar-refractivity contribution < 1.29 is 4.79 Å². The highest BCUT2D eigenvalue weighted by Crippen LogP contribution is 2.21. The van der Waals surface area contributed by atoms with Gasteiger partial charge >= 0.3 is 0 Å². The van der Waals surface area contributed by atoms with Gasteiger partial charge in [-0.3, -0.25) is 4.79 Å². The third-order valence-corrected chi connectivity index (χ3v) is 3.70. The quantitative estimate of drug-likeness (QED) is 0.900. The third-order valence-electron chi connectivity index (χ3n) is 3.31. The highest BCUT2D eigenvalue weighted by atomic mass is 79.9. The summed E-state index contributed by atoms with van der Waals surface area (Å²) < 4.78 is 0.559. The number of fused-ring (bicyclic) bond motifs is 1. The lowest BCUT2D eigenvalue weighted by molar-refractivity contribution is 0.0921. The van der Waals surface area contributed by atoms with Crippen LogP contribution in [0.2, 0.25) is 0 Å². The number of amides is 1. The maximum Gasteiger partial charge on any atom is 0.255 e. The third kappa shape index (κ3) is 2.65. The van der Waals surface area contributed by atoms with Crippen LogP contribution >= 0.6 is 15.9 Å². The average molecular weight is 336 g/mol. The molecule has 0 spiro atoms. The van der Waals surface area contributed by atoms with Gasteiger partial charge in [0.15, 0.2) is 5.65 Å². The molecule has 2 aromatic heterocycles. The van der Waals surface area contributed by atoms with Crippen LogP contribution in [0.4, 0.5) is 0 Å². The zero-order chi connectivity index (χ0) is 14.9. The molecule has 2 N–H and O–H groups in total. The molecule has 0 fully saturated rings. The predicted octanol–water partition coefficient (Wildman–Crippen LogP) is 2.39. The lowest BCUT2D eigenvalue weighted by Gasteiger charge is -2.25. The minimum absolute atomic E-state index is 0.278. The standard InChI is InChI=1S/C13H14BrN5O/c1-7(13(2,3)6-15)18-12(20)8-4-16-11-10(8)19-9(14)5-17-11/h4-5,7H,1-3H3,(H,16,17)(H,18,20)/t7-/m0/s1. The van der Waals surface area contributed by atoms with Crippen LogP contribution in [0.5, 0.6) is 0 Å². The van der Waals surface area contributed by atoms with Crippen molar-refractivity contribution in [1.29, 1.82) is 5.26 Å². The number of nitriles is 1. The summed E-state index contributed by atoms with van der Waals surface area (Å²) in [5.74, 6) is -0.278. The fourth-order valence-electron chi connectivity index (χ4n) is 1.59. The molecule has 0 aliphatic heterocycles. The van der Waals surface area contributed by atoms with Gasteiger partial charge in [-0.15, -0.1) is 0 Å². The second-order valence-electron chi connectivity index (χ2n) is 5.12. The zero-order valence-corrected chi connectivity index (χ0v) is 12.9. The second-order valence-corrected chi connectivity index (χ2v) is 5.93. The molecule has 2 heterocycles. The maximum absolute atomic E-state index is 12.3. The first-order valence-corrected chi connectivity index (χ1v) is 6.86. The molecule has 0 saturated heterocycles. The Balaban J connectivity index is 2.29. The molecule has 2 rings (SSSR count). The van der Waals surface area contributed by atoms with E-state index in [0.717, 1.165) is 0 Å². The number of hydrogen-bond donors (Lipinski definition) is 2. The lowest BCUT2D eigenvalue weighted by Crippen LogP contribution is -2.42. The van der Waals surface area contributed by atoms with Gasteiger partial charge in [0.25, 0.3) is 5.91 Å². The summed E-state index contributed by atoms with van der Waals surface area (Å²) in [6, 6.07) is 1.89. The monoisotopic (exact) mass is 335 g/mol. The van der Waals surface area contributed by atoms with Gasteiger partial charge in [0.2, 0.25) is 0 Å². The van der Waals surface area contributed by atoms with Crippen LogP contribution in [0.3, 0.4) is 0 Å². The van der Waals surface area contributed by atoms with Crippen molar-refractivity contribution in [3.63, 3.8) is 0 Å². The van der Waals surface area contributed by atoms with Gasteiger partial charge in [-0.25, -0.2) is 9.97 Å². The van der Waals surface area contributed by atoms with Gasteiger partial charge < -0.3 is 10.3 Å². The van der Waals surface area contributed by atoms with Crippen LogP contribution in [-0.4, -0.2) is 26.9 Å². The van der Waals surface area contributed by atoms with E-state index in [-0.39, 0.29) is 11.9 Å². The van der Waals surface area contributed by atoms with Crippen LogP contribution in [0.25, 0.3) is 11.2 Å². The maximum atomic E-state index is 12.3. The van der Waals surface area contributed by atoms with Crippen LogP contribution in [0, 0.1) is 16.7 Å². The molecule has 0 aliphatic carbocycles. The summed E-state index contributed by atoms with van der Waals surface area (Å²) in [6.45, 7) is 5.37. The van der Waals surface area contributed by atoms with E-state index < -0.39 is 5.41 Å². The van der Waals surface area contributed by atoms with Gasteiger partial charge in [-0.05, 0) is 36.7 Å². The molecule has 0 bridgehead atoms. The summed E-state index contributed by atoms with van der Waals surface area (Å²) in [7, 11) is 0. The van der Waals surface area contributed by atoms with Gasteiger partial charge in [0, 0.05) is 12.2 Å². The Bertz CT molecular complexity index is 700. The number of carbonyl (C=O) groups is 1. The van der Waals surface area contributed by atoms with Gasteiger partial charge in [0.05, 0.1) is 23.2 Å². The molecular formula is C13H14BrN5O. The molecule has 0 saturated carbocycles. The van der Waals surface area contributed by atoms with E-state index in [1.165, 1.54) is 0 Å². The molecule has 6 nitrogen and oxygen atoms in total. The molecule has 104 valence electrons. The number of hydrogen-bond acceptors (Lipinski definition) is 4. The first-order valence-electron chi connectivity index (χ1n) is 6.07. The Morgan fingerprint density at radius 1 is 1.60 bits per heavy atom. The van der Waals surface area contributed by atoms with Crippen molar-refractivity contribution in [2.24, 2.45) is 5.41 Å². The van der Waals surface area contributed by atoms with Crippen LogP contribution < -0.4 is 5.32 Å². The molecule has 2 aromatic rings. The van der Waals surface area contributed by atoms with Crippen molar-refractivity contribution in [1.82, 2.24) is 20.3 Å². The second kappa shape index (κ2) is 5.21. The number of nitrogens with zero attached hydrogens (tertiary/aromatic N) is 3. The van der Waals surface area contributed by atoms with E-state index in [4.69, 9.17) is 5.26 Å². The summed E-state index contributed by atoms with van der Waals surface area (Å²) in [5, 5.41) is 11.9. The molecule has 1 atom stereocenters. The van der Waals surface area contributed by atoms with E-state index in [1.54, 1.807) is 33.2 Å². The minimum atomic E-state index is -0.645. The predicted molar refractivity (Wildman–Crippen MR) is 77.9 cm³/mol. The molecule has 0 radical (unpaired) electrons. The van der Waals surface area contributed by atoms with Crippen LogP contribution in [0.1, 0.15) is 31.1 Å². The first kappa shape index (κ1) is 14.5. The van der Waals surface area contributed by atoms with Crippen LogP contribution in [0.15, 0.2) is 17.0 Å². The van der Waals surface area contributed by atoms with E-state index in [2.05, 4.69) is 42.3 Å². The molecule has 20 heavy (non-hydrogen) atoms. The molecule has 0 aliphatic rings. The number of H-pyrrole nitrogens is 1. The molecule has 0 unspecified atom stereocenters. The largest absolute Gasteiger partial charge is 0.348 e. The lowest BCUT2D eigenvalue weighted by atomic mass is 9.87. The molecule has 7 heteroatoms. The summed E-state index contributed by atoms with van der Waals surface area (Å²) in [6.07, 6.45) is 3.13. The van der Waals surface area contributed by atoms with E-state index in [9.17, 15) is 4.79 Å². The van der Waals surface area contributed by atoms with E-state index in [1.807, 2.05) is 0 Å². The number of carbonyl (C=O) groups excluding carboxylic acids is 1. The Morgan fingerprint density at radius 2 is 2.30 bits per heavy atom. The Hall–Kier alpha value is -1.94. The number of nitrogens with one attached hydrogen (secondary N) is 2. The number of rotatable bonds is 3. The number of aromatic amines is 1. The average Bonchev–Trinajstić information content (AvgIpc) is 2.81. The Kier molecular flexibility index (Phi) is 3.77. The van der Waals surface area contributed by atoms with Crippen molar-refractivity contribution in [2.75, 3.05) is 0 Å².